The average Bonchev–Trinajstić information content (AvgIpc) is 2.11. The van der Waals surface area contributed by atoms with Crippen LogP contribution in [0.5, 0.6) is 0 Å². The molecule has 1 fully saturated rings. The molecule has 1 rings (SSSR count). The fourth-order valence-electron chi connectivity index (χ4n) is 1.55. The monoisotopic (exact) mass is 186 g/mol. The van der Waals surface area contributed by atoms with Crippen LogP contribution in [0, 0.1) is 0 Å². The number of nitrogens with zero attached hydrogens (tertiary/aromatic N) is 1. The van der Waals surface area contributed by atoms with E-state index in [0.717, 1.165) is 12.1 Å². The molecule has 1 N–H and O–H groups in total. The molecule has 0 aromatic rings. The molecule has 1 aliphatic heterocycles. The van der Waals surface area contributed by atoms with Crippen molar-refractivity contribution in [2.24, 2.45) is 0 Å². The van der Waals surface area contributed by atoms with E-state index >= 15 is 0 Å². The fraction of sp³-hybridized carbons (Fsp3) is 0.889. The molecule has 0 radical (unpaired) electrons. The summed E-state index contributed by atoms with van der Waals surface area (Å²) < 4.78 is 0. The Morgan fingerprint density at radius 1 is 1.46 bits per heavy atom. The van der Waals surface area contributed by atoms with E-state index in [9.17, 15) is 0 Å². The molecule has 4 nitrogen and oxygen atoms in total. The molecule has 76 valence electrons. The van der Waals surface area contributed by atoms with E-state index in [4.69, 9.17) is 9.59 Å². The van der Waals surface area contributed by atoms with Crippen LogP contribution in [0.2, 0.25) is 0 Å². The quantitative estimate of drug-likeness (QED) is 0.631. The van der Waals surface area contributed by atoms with Gasteiger partial charge in [-0.15, -0.1) is 0 Å². The van der Waals surface area contributed by atoms with Gasteiger partial charge in [-0.05, 0) is 40.4 Å². The van der Waals surface area contributed by atoms with Crippen molar-refractivity contribution >= 4 is 6.15 Å². The Labute approximate surface area is 79.3 Å². The van der Waals surface area contributed by atoms with E-state index in [1.807, 2.05) is 0 Å². The van der Waals surface area contributed by atoms with Crippen molar-refractivity contribution < 1.29 is 9.59 Å². The molecule has 13 heavy (non-hydrogen) atoms. The fourth-order valence-corrected chi connectivity index (χ4v) is 1.55. The van der Waals surface area contributed by atoms with Crippen LogP contribution in [-0.2, 0) is 9.59 Å². The Balaban J connectivity index is 0.000000424. The summed E-state index contributed by atoms with van der Waals surface area (Å²) >= 11 is 0. The number of nitrogens with one attached hydrogen (secondary N) is 1. The van der Waals surface area contributed by atoms with Crippen LogP contribution in [0.15, 0.2) is 0 Å². The molecule has 2 unspecified atom stereocenters. The lowest BCUT2D eigenvalue weighted by atomic mass is 9.99. The zero-order valence-corrected chi connectivity index (χ0v) is 8.54. The van der Waals surface area contributed by atoms with Gasteiger partial charge in [0.25, 0.3) is 0 Å². The molecule has 2 atom stereocenters. The highest BCUT2D eigenvalue weighted by Crippen LogP contribution is 2.14. The van der Waals surface area contributed by atoms with Gasteiger partial charge in [0.1, 0.15) is 0 Å². The SMILES string of the molecule is CNC1CCN(C)C(C)C1.O=C=O. The standard InChI is InChI=1S/C8H18N2.CO2/c1-7-6-8(9-2)4-5-10(7)3;2-1-3/h7-9H,4-6H2,1-3H3;. The summed E-state index contributed by atoms with van der Waals surface area (Å²) in [6.45, 7) is 3.54. The van der Waals surface area contributed by atoms with Crippen LogP contribution < -0.4 is 5.32 Å². The van der Waals surface area contributed by atoms with Crippen LogP contribution in [0.4, 0.5) is 0 Å². The third-order valence-electron chi connectivity index (χ3n) is 2.62. The second kappa shape index (κ2) is 6.78. The highest BCUT2D eigenvalue weighted by atomic mass is 16.2. The topological polar surface area (TPSA) is 49.4 Å². The molecular weight excluding hydrogens is 168 g/mol. The molecule has 1 aliphatic rings. The Morgan fingerprint density at radius 2 is 2.00 bits per heavy atom. The summed E-state index contributed by atoms with van der Waals surface area (Å²) in [5, 5.41) is 3.33. The van der Waals surface area contributed by atoms with E-state index in [1.165, 1.54) is 19.4 Å². The first-order chi connectivity index (χ1) is 6.15. The minimum absolute atomic E-state index is 0.250. The minimum atomic E-state index is 0.250. The van der Waals surface area contributed by atoms with Gasteiger partial charge in [-0.3, -0.25) is 0 Å². The van der Waals surface area contributed by atoms with Crippen LogP contribution in [0.3, 0.4) is 0 Å². The lowest BCUT2D eigenvalue weighted by Crippen LogP contribution is -2.44. The van der Waals surface area contributed by atoms with Crippen molar-refractivity contribution in [1.29, 1.82) is 0 Å². The van der Waals surface area contributed by atoms with Crippen LogP contribution >= 0.6 is 0 Å². The van der Waals surface area contributed by atoms with Gasteiger partial charge in [-0.1, -0.05) is 0 Å². The summed E-state index contributed by atoms with van der Waals surface area (Å²) in [6, 6.07) is 1.51. The van der Waals surface area contributed by atoms with Crippen molar-refractivity contribution in [3.8, 4) is 0 Å². The maximum Gasteiger partial charge on any atom is 0.373 e. The second-order valence-electron chi connectivity index (χ2n) is 3.42. The molecule has 0 spiro atoms. The number of hydrogen-bond acceptors (Lipinski definition) is 4. The number of piperidine rings is 1. The van der Waals surface area contributed by atoms with E-state index < -0.39 is 0 Å². The van der Waals surface area contributed by atoms with Gasteiger partial charge in [0, 0.05) is 12.1 Å². The highest BCUT2D eigenvalue weighted by Gasteiger charge is 2.20. The van der Waals surface area contributed by atoms with Gasteiger partial charge in [-0.2, -0.15) is 9.59 Å². The van der Waals surface area contributed by atoms with Crippen molar-refractivity contribution in [3.05, 3.63) is 0 Å². The molecule has 0 amide bonds. The van der Waals surface area contributed by atoms with Gasteiger partial charge < -0.3 is 10.2 Å². The summed E-state index contributed by atoms with van der Waals surface area (Å²) in [7, 11) is 4.26. The van der Waals surface area contributed by atoms with Crippen molar-refractivity contribution in [2.75, 3.05) is 20.6 Å². The largest absolute Gasteiger partial charge is 0.373 e. The first-order valence-corrected chi connectivity index (χ1v) is 4.52. The Bertz CT molecular complexity index is 167. The molecule has 0 aliphatic carbocycles. The molecule has 0 saturated carbocycles. The summed E-state index contributed by atoms with van der Waals surface area (Å²) in [5.41, 5.74) is 0. The van der Waals surface area contributed by atoms with Crippen LogP contribution in [0.25, 0.3) is 0 Å². The first kappa shape index (κ1) is 12.3. The number of carbonyl (C=O) groups excluding carboxylic acids is 2. The second-order valence-corrected chi connectivity index (χ2v) is 3.42. The third kappa shape index (κ3) is 4.78. The zero-order valence-electron chi connectivity index (χ0n) is 8.54. The average molecular weight is 186 g/mol. The number of rotatable bonds is 1. The minimum Gasteiger partial charge on any atom is -0.317 e. The lowest BCUT2D eigenvalue weighted by Gasteiger charge is -2.34. The lowest BCUT2D eigenvalue weighted by molar-refractivity contribution is -0.191. The Morgan fingerprint density at radius 3 is 2.38 bits per heavy atom. The predicted molar refractivity (Wildman–Crippen MR) is 49.2 cm³/mol. The molecule has 1 saturated heterocycles. The summed E-state index contributed by atoms with van der Waals surface area (Å²) in [6.07, 6.45) is 2.85. The van der Waals surface area contributed by atoms with Crippen molar-refractivity contribution in [1.82, 2.24) is 10.2 Å². The third-order valence-corrected chi connectivity index (χ3v) is 2.62. The predicted octanol–water partition coefficient (Wildman–Crippen LogP) is 0.105. The maximum atomic E-state index is 8.12. The van der Waals surface area contributed by atoms with E-state index in [-0.39, 0.29) is 6.15 Å². The normalized spacial score (nSPS) is 28.5. The van der Waals surface area contributed by atoms with Gasteiger partial charge in [-0.25, -0.2) is 0 Å². The molecular formula is C9H18N2O2. The summed E-state index contributed by atoms with van der Waals surface area (Å²) in [4.78, 5) is 18.7. The van der Waals surface area contributed by atoms with E-state index in [0.29, 0.717) is 0 Å². The highest BCUT2D eigenvalue weighted by molar-refractivity contribution is 5.20. The van der Waals surface area contributed by atoms with Crippen molar-refractivity contribution in [2.45, 2.75) is 31.8 Å². The molecule has 0 aromatic carbocycles. The van der Waals surface area contributed by atoms with E-state index in [2.05, 4.69) is 31.2 Å². The number of likely N-dealkylation sites (tertiary alicyclic amines) is 1. The maximum absolute atomic E-state index is 8.12. The summed E-state index contributed by atoms with van der Waals surface area (Å²) in [5.74, 6) is 0. The van der Waals surface area contributed by atoms with Crippen LogP contribution in [0.1, 0.15) is 19.8 Å². The van der Waals surface area contributed by atoms with Gasteiger partial charge in [0.2, 0.25) is 0 Å². The van der Waals surface area contributed by atoms with Gasteiger partial charge >= 0.3 is 6.15 Å². The van der Waals surface area contributed by atoms with Crippen molar-refractivity contribution in [3.63, 3.8) is 0 Å². The molecule has 0 bridgehead atoms. The zero-order chi connectivity index (χ0) is 10.3. The molecule has 4 heteroatoms. The van der Waals surface area contributed by atoms with Gasteiger partial charge in [0.15, 0.2) is 0 Å². The molecule has 1 heterocycles. The van der Waals surface area contributed by atoms with Crippen LogP contribution in [-0.4, -0.2) is 43.8 Å². The Hall–Kier alpha value is -0.700. The molecule has 0 aromatic heterocycles. The first-order valence-electron chi connectivity index (χ1n) is 4.52. The van der Waals surface area contributed by atoms with Gasteiger partial charge in [0.05, 0.1) is 0 Å². The smallest absolute Gasteiger partial charge is 0.317 e. The van der Waals surface area contributed by atoms with E-state index in [1.54, 1.807) is 0 Å². The Kier molecular flexibility index (Phi) is 6.41. The number of hydrogen-bond donors (Lipinski definition) is 1.